The van der Waals surface area contributed by atoms with Crippen LogP contribution in [0.4, 0.5) is 0 Å². The minimum absolute atomic E-state index is 0.0389. The van der Waals surface area contributed by atoms with Gasteiger partial charge in [-0.15, -0.1) is 0 Å². The third-order valence-corrected chi connectivity index (χ3v) is 3.50. The average Bonchev–Trinajstić information content (AvgIpc) is 2.38. The summed E-state index contributed by atoms with van der Waals surface area (Å²) >= 11 is 0. The Morgan fingerprint density at radius 2 is 2.37 bits per heavy atom. The molecule has 1 aromatic heterocycles. The van der Waals surface area contributed by atoms with Crippen molar-refractivity contribution in [3.05, 3.63) is 30.1 Å². The summed E-state index contributed by atoms with van der Waals surface area (Å²) < 4.78 is 0. The Bertz CT molecular complexity index is 417. The standard InChI is InChI=1S/C15H23N3O/c1-15(2)12-18(10-9-17-15)14(19)7-3-5-13-6-4-8-16-11-13/h4,6,8,11,17H,3,5,7,9-10,12H2,1-2H3. The summed E-state index contributed by atoms with van der Waals surface area (Å²) in [6.07, 6.45) is 6.10. The molecule has 4 nitrogen and oxygen atoms in total. The van der Waals surface area contributed by atoms with Crippen LogP contribution in [0, 0.1) is 0 Å². The van der Waals surface area contributed by atoms with Crippen molar-refractivity contribution >= 4 is 5.91 Å². The molecule has 2 heterocycles. The number of hydrogen-bond donors (Lipinski definition) is 1. The number of carbonyl (C=O) groups is 1. The van der Waals surface area contributed by atoms with Crippen LogP contribution in [-0.2, 0) is 11.2 Å². The molecule has 1 N–H and O–H groups in total. The number of nitrogens with one attached hydrogen (secondary N) is 1. The first-order valence-electron chi connectivity index (χ1n) is 6.98. The van der Waals surface area contributed by atoms with Crippen LogP contribution in [0.15, 0.2) is 24.5 Å². The molecule has 19 heavy (non-hydrogen) atoms. The lowest BCUT2D eigenvalue weighted by Gasteiger charge is -2.39. The van der Waals surface area contributed by atoms with Gasteiger partial charge in [0.2, 0.25) is 5.91 Å². The van der Waals surface area contributed by atoms with E-state index in [0.29, 0.717) is 6.42 Å². The predicted octanol–water partition coefficient (Wildman–Crippen LogP) is 1.61. The molecule has 1 aliphatic rings. The van der Waals surface area contributed by atoms with Gasteiger partial charge in [-0.3, -0.25) is 9.78 Å². The van der Waals surface area contributed by atoms with Gasteiger partial charge in [0.1, 0.15) is 0 Å². The van der Waals surface area contributed by atoms with Crippen molar-refractivity contribution in [1.82, 2.24) is 15.2 Å². The van der Waals surface area contributed by atoms with Gasteiger partial charge < -0.3 is 10.2 Å². The van der Waals surface area contributed by atoms with E-state index in [1.807, 2.05) is 17.2 Å². The number of piperazine rings is 1. The fourth-order valence-corrected chi connectivity index (χ4v) is 2.50. The van der Waals surface area contributed by atoms with Gasteiger partial charge in [0.05, 0.1) is 0 Å². The van der Waals surface area contributed by atoms with Crippen molar-refractivity contribution in [1.29, 1.82) is 0 Å². The Morgan fingerprint density at radius 1 is 1.53 bits per heavy atom. The highest BCUT2D eigenvalue weighted by Crippen LogP contribution is 2.12. The van der Waals surface area contributed by atoms with Gasteiger partial charge in [-0.2, -0.15) is 0 Å². The SMILES string of the molecule is CC1(C)CN(C(=O)CCCc2cccnc2)CCN1. The van der Waals surface area contributed by atoms with Crippen LogP contribution >= 0.6 is 0 Å². The van der Waals surface area contributed by atoms with Crippen LogP contribution < -0.4 is 5.32 Å². The van der Waals surface area contributed by atoms with E-state index in [4.69, 9.17) is 0 Å². The monoisotopic (exact) mass is 261 g/mol. The molecule has 1 fully saturated rings. The van der Waals surface area contributed by atoms with Gasteiger partial charge in [0.25, 0.3) is 0 Å². The Labute approximate surface area is 115 Å². The lowest BCUT2D eigenvalue weighted by atomic mass is 10.0. The zero-order valence-electron chi connectivity index (χ0n) is 11.9. The van der Waals surface area contributed by atoms with Gasteiger partial charge >= 0.3 is 0 Å². The first kappa shape index (κ1) is 14.0. The molecule has 0 bridgehead atoms. The van der Waals surface area contributed by atoms with Gasteiger partial charge in [0, 0.05) is 44.0 Å². The zero-order chi connectivity index (χ0) is 13.7. The summed E-state index contributed by atoms with van der Waals surface area (Å²) in [4.78, 5) is 18.2. The topological polar surface area (TPSA) is 45.2 Å². The molecule has 0 atom stereocenters. The fourth-order valence-electron chi connectivity index (χ4n) is 2.50. The number of aromatic nitrogens is 1. The van der Waals surface area contributed by atoms with Crippen LogP contribution in [0.1, 0.15) is 32.3 Å². The Morgan fingerprint density at radius 3 is 3.05 bits per heavy atom. The van der Waals surface area contributed by atoms with Gasteiger partial charge in [0.15, 0.2) is 0 Å². The maximum absolute atomic E-state index is 12.2. The summed E-state index contributed by atoms with van der Waals surface area (Å²) in [6, 6.07) is 4.00. The molecule has 104 valence electrons. The summed E-state index contributed by atoms with van der Waals surface area (Å²) in [5, 5.41) is 3.42. The Kier molecular flexibility index (Phi) is 4.53. The normalized spacial score (nSPS) is 18.3. The third-order valence-electron chi connectivity index (χ3n) is 3.50. The van der Waals surface area contributed by atoms with Gasteiger partial charge in [-0.05, 0) is 38.3 Å². The molecule has 0 aromatic carbocycles. The number of hydrogen-bond acceptors (Lipinski definition) is 3. The number of carbonyl (C=O) groups excluding carboxylic acids is 1. The minimum atomic E-state index is 0.0389. The van der Waals surface area contributed by atoms with Crippen LogP contribution in [0.5, 0.6) is 0 Å². The fraction of sp³-hybridized carbons (Fsp3) is 0.600. The smallest absolute Gasteiger partial charge is 0.222 e. The van der Waals surface area contributed by atoms with E-state index < -0.39 is 0 Å². The summed E-state index contributed by atoms with van der Waals surface area (Å²) in [7, 11) is 0. The minimum Gasteiger partial charge on any atom is -0.340 e. The van der Waals surface area contributed by atoms with Crippen LogP contribution in [0.2, 0.25) is 0 Å². The Balaban J connectivity index is 1.75. The number of amides is 1. The lowest BCUT2D eigenvalue weighted by molar-refractivity contribution is -0.133. The molecule has 0 radical (unpaired) electrons. The average molecular weight is 261 g/mol. The molecule has 1 saturated heterocycles. The summed E-state index contributed by atoms with van der Waals surface area (Å²) in [5.74, 6) is 0.276. The number of aryl methyl sites for hydroxylation is 1. The van der Waals surface area contributed by atoms with E-state index in [1.165, 1.54) is 5.56 Å². The van der Waals surface area contributed by atoms with E-state index in [1.54, 1.807) is 6.20 Å². The van der Waals surface area contributed by atoms with E-state index in [-0.39, 0.29) is 11.4 Å². The molecular weight excluding hydrogens is 238 g/mol. The molecule has 1 aliphatic heterocycles. The molecule has 1 aromatic rings. The Hall–Kier alpha value is -1.42. The van der Waals surface area contributed by atoms with E-state index in [9.17, 15) is 4.79 Å². The maximum Gasteiger partial charge on any atom is 0.222 e. The van der Waals surface area contributed by atoms with Crippen LogP contribution in [0.3, 0.4) is 0 Å². The molecule has 4 heteroatoms. The first-order valence-corrected chi connectivity index (χ1v) is 6.98. The highest BCUT2D eigenvalue weighted by atomic mass is 16.2. The number of pyridine rings is 1. The molecule has 0 saturated carbocycles. The molecule has 2 rings (SSSR count). The van der Waals surface area contributed by atoms with Crippen LogP contribution in [-0.4, -0.2) is 41.0 Å². The summed E-state index contributed by atoms with van der Waals surface area (Å²) in [5.41, 5.74) is 1.24. The molecule has 1 amide bonds. The van der Waals surface area contributed by atoms with E-state index >= 15 is 0 Å². The highest BCUT2D eigenvalue weighted by molar-refractivity contribution is 5.76. The second-order valence-corrected chi connectivity index (χ2v) is 5.84. The predicted molar refractivity (Wildman–Crippen MR) is 75.8 cm³/mol. The lowest BCUT2D eigenvalue weighted by Crippen LogP contribution is -2.58. The molecule has 0 aliphatic carbocycles. The maximum atomic E-state index is 12.2. The van der Waals surface area contributed by atoms with Crippen molar-refractivity contribution in [2.75, 3.05) is 19.6 Å². The second kappa shape index (κ2) is 6.15. The van der Waals surface area contributed by atoms with E-state index in [0.717, 1.165) is 32.5 Å². The van der Waals surface area contributed by atoms with Gasteiger partial charge in [-0.1, -0.05) is 6.07 Å². The third kappa shape index (κ3) is 4.31. The first-order chi connectivity index (χ1) is 9.07. The van der Waals surface area contributed by atoms with Crippen molar-refractivity contribution in [3.8, 4) is 0 Å². The molecule has 0 spiro atoms. The molecular formula is C15H23N3O. The number of nitrogens with zero attached hydrogens (tertiary/aromatic N) is 2. The molecule has 0 unspecified atom stereocenters. The number of rotatable bonds is 4. The second-order valence-electron chi connectivity index (χ2n) is 5.84. The van der Waals surface area contributed by atoms with Crippen molar-refractivity contribution in [3.63, 3.8) is 0 Å². The van der Waals surface area contributed by atoms with E-state index in [2.05, 4.69) is 30.2 Å². The van der Waals surface area contributed by atoms with Gasteiger partial charge in [-0.25, -0.2) is 0 Å². The highest BCUT2D eigenvalue weighted by Gasteiger charge is 2.27. The largest absolute Gasteiger partial charge is 0.340 e. The van der Waals surface area contributed by atoms with Crippen molar-refractivity contribution in [2.45, 2.75) is 38.6 Å². The van der Waals surface area contributed by atoms with Crippen LogP contribution in [0.25, 0.3) is 0 Å². The van der Waals surface area contributed by atoms with Crippen molar-refractivity contribution < 1.29 is 4.79 Å². The zero-order valence-corrected chi connectivity index (χ0v) is 11.9. The van der Waals surface area contributed by atoms with Crippen molar-refractivity contribution in [2.24, 2.45) is 0 Å². The quantitative estimate of drug-likeness (QED) is 0.895. The summed E-state index contributed by atoms with van der Waals surface area (Å²) in [6.45, 7) is 6.80.